The number of nitrogens with one attached hydrogen (secondary N) is 2. The average Bonchev–Trinajstić information content (AvgIpc) is 2.76. The number of sulfone groups is 1. The number of phenolic OH excluding ortho intramolecular Hbond substituents is 1. The number of phenols is 1. The molecule has 0 fully saturated rings. The highest BCUT2D eigenvalue weighted by Gasteiger charge is 2.30. The van der Waals surface area contributed by atoms with Gasteiger partial charge in [0.1, 0.15) is 11.0 Å². The molecule has 0 saturated carbocycles. The third kappa shape index (κ3) is 5.47. The van der Waals surface area contributed by atoms with Crippen molar-refractivity contribution >= 4 is 67.8 Å². The van der Waals surface area contributed by atoms with Gasteiger partial charge in [-0.05, 0) is 49.7 Å². The fourth-order valence-electron chi connectivity index (χ4n) is 3.03. The molecule has 0 aliphatic heterocycles. The van der Waals surface area contributed by atoms with Crippen molar-refractivity contribution in [3.8, 4) is 5.75 Å². The molecule has 3 N–H and O–H groups in total. The molecule has 3 rings (SSSR count). The lowest BCUT2D eigenvalue weighted by Crippen LogP contribution is -2.32. The van der Waals surface area contributed by atoms with Crippen LogP contribution in [0.2, 0.25) is 15.1 Å². The lowest BCUT2D eigenvalue weighted by atomic mass is 10.2. The molecular weight excluding hydrogens is 523 g/mol. The molecule has 178 valence electrons. The molecule has 1 unspecified atom stereocenters. The number of aromatic hydroxyl groups is 1. The number of anilines is 2. The Bertz CT molecular complexity index is 1370. The van der Waals surface area contributed by atoms with E-state index in [9.17, 15) is 23.1 Å². The summed E-state index contributed by atoms with van der Waals surface area (Å²) < 4.78 is 25.6. The lowest BCUT2D eigenvalue weighted by molar-refractivity contribution is -0.115. The highest BCUT2D eigenvalue weighted by atomic mass is 35.5. The summed E-state index contributed by atoms with van der Waals surface area (Å²) in [5, 5.41) is 14.0. The SMILES string of the molecule is Cc1cccc(S(=O)(=O)C(C)C(=O)Nc2cc(O)c(NC(=O)c3c(Cl)cccc3Cl)cc2Cl)c1. The molecule has 0 heterocycles. The highest BCUT2D eigenvalue weighted by molar-refractivity contribution is 7.92. The first-order valence-corrected chi connectivity index (χ1v) is 12.5. The van der Waals surface area contributed by atoms with E-state index < -0.39 is 32.7 Å². The summed E-state index contributed by atoms with van der Waals surface area (Å²) in [7, 11) is -3.97. The molecule has 0 aromatic heterocycles. The Balaban J connectivity index is 1.81. The van der Waals surface area contributed by atoms with E-state index in [0.717, 1.165) is 11.6 Å². The molecule has 11 heteroatoms. The minimum Gasteiger partial charge on any atom is -0.506 e. The van der Waals surface area contributed by atoms with Gasteiger partial charge in [-0.1, -0.05) is 53.0 Å². The Hall–Kier alpha value is -2.78. The van der Waals surface area contributed by atoms with Gasteiger partial charge in [-0.3, -0.25) is 9.59 Å². The molecule has 3 aromatic carbocycles. The van der Waals surface area contributed by atoms with E-state index in [0.29, 0.717) is 0 Å². The lowest BCUT2D eigenvalue weighted by Gasteiger charge is -2.16. The summed E-state index contributed by atoms with van der Waals surface area (Å²) in [5.74, 6) is -1.95. The van der Waals surface area contributed by atoms with Crippen molar-refractivity contribution < 1.29 is 23.1 Å². The zero-order valence-electron chi connectivity index (χ0n) is 17.9. The van der Waals surface area contributed by atoms with Gasteiger partial charge >= 0.3 is 0 Å². The van der Waals surface area contributed by atoms with Crippen LogP contribution >= 0.6 is 34.8 Å². The first-order valence-electron chi connectivity index (χ1n) is 9.81. The number of rotatable bonds is 6. The van der Waals surface area contributed by atoms with Crippen LogP contribution in [0.15, 0.2) is 59.5 Å². The molecule has 3 aromatic rings. The van der Waals surface area contributed by atoms with Crippen LogP contribution in [0.4, 0.5) is 11.4 Å². The summed E-state index contributed by atoms with van der Waals surface area (Å²) in [4.78, 5) is 25.3. The van der Waals surface area contributed by atoms with E-state index in [-0.39, 0.29) is 36.9 Å². The zero-order valence-corrected chi connectivity index (χ0v) is 21.0. The minimum atomic E-state index is -3.97. The number of hydrogen-bond donors (Lipinski definition) is 3. The van der Waals surface area contributed by atoms with Crippen LogP contribution in [0.1, 0.15) is 22.8 Å². The number of aryl methyl sites for hydroxylation is 1. The second-order valence-corrected chi connectivity index (χ2v) is 10.9. The van der Waals surface area contributed by atoms with Crippen LogP contribution in [-0.4, -0.2) is 30.6 Å². The van der Waals surface area contributed by atoms with Crippen molar-refractivity contribution in [2.24, 2.45) is 0 Å². The molecule has 1 atom stereocenters. The van der Waals surface area contributed by atoms with Crippen molar-refractivity contribution in [3.05, 3.63) is 80.8 Å². The third-order valence-electron chi connectivity index (χ3n) is 4.93. The van der Waals surface area contributed by atoms with Gasteiger partial charge in [0.15, 0.2) is 9.84 Å². The predicted molar refractivity (Wildman–Crippen MR) is 134 cm³/mol. The summed E-state index contributed by atoms with van der Waals surface area (Å²) in [6.07, 6.45) is 0. The van der Waals surface area contributed by atoms with Gasteiger partial charge in [0, 0.05) is 6.07 Å². The summed E-state index contributed by atoms with van der Waals surface area (Å²) in [6, 6.07) is 13.1. The Morgan fingerprint density at radius 2 is 1.50 bits per heavy atom. The van der Waals surface area contributed by atoms with Gasteiger partial charge in [-0.2, -0.15) is 0 Å². The Morgan fingerprint density at radius 3 is 2.12 bits per heavy atom. The van der Waals surface area contributed by atoms with Crippen molar-refractivity contribution in [1.82, 2.24) is 0 Å². The van der Waals surface area contributed by atoms with E-state index in [4.69, 9.17) is 34.8 Å². The number of amides is 2. The zero-order chi connectivity index (χ0) is 25.2. The van der Waals surface area contributed by atoms with Crippen molar-refractivity contribution in [2.75, 3.05) is 10.6 Å². The van der Waals surface area contributed by atoms with Crippen LogP contribution in [0.3, 0.4) is 0 Å². The highest BCUT2D eigenvalue weighted by Crippen LogP contribution is 2.35. The molecule has 34 heavy (non-hydrogen) atoms. The molecular formula is C23H19Cl3N2O5S. The van der Waals surface area contributed by atoms with E-state index in [2.05, 4.69) is 10.6 Å². The molecule has 2 amide bonds. The second-order valence-electron chi connectivity index (χ2n) is 7.39. The average molecular weight is 542 g/mol. The van der Waals surface area contributed by atoms with Gasteiger partial charge in [0.25, 0.3) is 5.91 Å². The maximum atomic E-state index is 12.8. The molecule has 0 aliphatic carbocycles. The van der Waals surface area contributed by atoms with Crippen LogP contribution in [-0.2, 0) is 14.6 Å². The molecule has 0 bridgehead atoms. The fourth-order valence-corrected chi connectivity index (χ4v) is 5.18. The largest absolute Gasteiger partial charge is 0.506 e. The third-order valence-corrected chi connectivity index (χ3v) is 7.93. The van der Waals surface area contributed by atoms with E-state index in [1.54, 1.807) is 25.1 Å². The van der Waals surface area contributed by atoms with E-state index in [1.165, 1.54) is 37.3 Å². The Morgan fingerprint density at radius 1 is 0.882 bits per heavy atom. The molecule has 0 aliphatic rings. The first-order chi connectivity index (χ1) is 15.9. The molecule has 0 spiro atoms. The number of benzene rings is 3. The number of hydrogen-bond acceptors (Lipinski definition) is 5. The molecule has 0 saturated heterocycles. The van der Waals surface area contributed by atoms with Crippen LogP contribution < -0.4 is 10.6 Å². The monoisotopic (exact) mass is 540 g/mol. The van der Waals surface area contributed by atoms with Gasteiger partial charge in [-0.25, -0.2) is 8.42 Å². The summed E-state index contributed by atoms with van der Waals surface area (Å²) >= 11 is 18.3. The van der Waals surface area contributed by atoms with Crippen LogP contribution in [0.25, 0.3) is 0 Å². The number of halogens is 3. The quantitative estimate of drug-likeness (QED) is 0.346. The standard InChI is InChI=1S/C23H19Cl3N2O5S/c1-12-5-3-6-14(9-12)34(32,33)13(2)22(30)27-18-11-20(29)19(10-17(18)26)28-23(31)21-15(24)7-4-8-16(21)25/h3-11,13,29H,1-2H3,(H,27,30)(H,28,31). The number of carbonyl (C=O) groups excluding carboxylic acids is 2. The minimum absolute atomic E-state index is 0.00825. The fraction of sp³-hybridized carbons (Fsp3) is 0.130. The Kier molecular flexibility index (Phi) is 7.77. The van der Waals surface area contributed by atoms with Crippen molar-refractivity contribution in [1.29, 1.82) is 0 Å². The van der Waals surface area contributed by atoms with E-state index in [1.807, 2.05) is 0 Å². The summed E-state index contributed by atoms with van der Waals surface area (Å²) in [6.45, 7) is 3.00. The molecule has 0 radical (unpaired) electrons. The van der Waals surface area contributed by atoms with Gasteiger partial charge < -0.3 is 15.7 Å². The Labute approximate surface area is 211 Å². The summed E-state index contributed by atoms with van der Waals surface area (Å²) in [5.41, 5.74) is 0.639. The predicted octanol–water partition coefficient (Wildman–Crippen LogP) is 5.71. The first kappa shape index (κ1) is 25.8. The maximum Gasteiger partial charge on any atom is 0.258 e. The normalized spacial score (nSPS) is 12.1. The molecule has 7 nitrogen and oxygen atoms in total. The second kappa shape index (κ2) is 10.2. The maximum absolute atomic E-state index is 12.8. The van der Waals surface area contributed by atoms with E-state index >= 15 is 0 Å². The van der Waals surface area contributed by atoms with Gasteiger partial charge in [-0.15, -0.1) is 0 Å². The van der Waals surface area contributed by atoms with Crippen LogP contribution in [0.5, 0.6) is 5.75 Å². The van der Waals surface area contributed by atoms with Gasteiger partial charge in [0.2, 0.25) is 5.91 Å². The van der Waals surface area contributed by atoms with Crippen molar-refractivity contribution in [3.63, 3.8) is 0 Å². The van der Waals surface area contributed by atoms with Crippen molar-refractivity contribution in [2.45, 2.75) is 24.0 Å². The number of carbonyl (C=O) groups is 2. The van der Waals surface area contributed by atoms with Gasteiger partial charge in [0.05, 0.1) is 36.9 Å². The topological polar surface area (TPSA) is 113 Å². The smallest absolute Gasteiger partial charge is 0.258 e. The van der Waals surface area contributed by atoms with Crippen LogP contribution in [0, 0.1) is 6.92 Å².